The van der Waals surface area contributed by atoms with Gasteiger partial charge in [0.25, 0.3) is 0 Å². The van der Waals surface area contributed by atoms with Gasteiger partial charge in [0, 0.05) is 12.1 Å². The summed E-state index contributed by atoms with van der Waals surface area (Å²) in [4.78, 5) is 0. The Morgan fingerprint density at radius 3 is 2.21 bits per heavy atom. The fraction of sp³-hybridized carbons (Fsp3) is 0.333. The summed E-state index contributed by atoms with van der Waals surface area (Å²) in [6.07, 6.45) is 0. The zero-order valence-corrected chi connectivity index (χ0v) is 7.93. The van der Waals surface area contributed by atoms with Crippen molar-refractivity contribution in [3.63, 3.8) is 0 Å². The molecule has 0 aromatic heterocycles. The molecule has 0 heterocycles. The predicted octanol–water partition coefficient (Wildman–Crippen LogP) is 1.44. The van der Waals surface area contributed by atoms with Crippen molar-refractivity contribution in [1.82, 2.24) is 0 Å². The molecule has 0 fully saturated rings. The van der Waals surface area contributed by atoms with Crippen LogP contribution in [0.15, 0.2) is 6.07 Å². The minimum Gasteiger partial charge on any atom is -0.490 e. The van der Waals surface area contributed by atoms with Gasteiger partial charge in [-0.15, -0.1) is 0 Å². The number of nitrogens with two attached hydrogens (primary N) is 1. The van der Waals surface area contributed by atoms with Crippen LogP contribution >= 0.6 is 0 Å². The highest BCUT2D eigenvalue weighted by Crippen LogP contribution is 2.34. The fourth-order valence-corrected chi connectivity index (χ4v) is 1.16. The molecule has 1 rings (SSSR count). The SMILES string of the molecule is COc1c(F)cc(CN)c(F)c1OC. The van der Waals surface area contributed by atoms with Crippen molar-refractivity contribution in [1.29, 1.82) is 0 Å². The van der Waals surface area contributed by atoms with E-state index in [0.717, 1.165) is 6.07 Å². The minimum absolute atomic E-state index is 0.0557. The third kappa shape index (κ3) is 1.63. The van der Waals surface area contributed by atoms with Gasteiger partial charge in [0.05, 0.1) is 14.2 Å². The molecule has 14 heavy (non-hydrogen) atoms. The van der Waals surface area contributed by atoms with Crippen LogP contribution in [-0.2, 0) is 6.54 Å². The molecule has 1 aromatic carbocycles. The first-order chi connectivity index (χ1) is 6.65. The van der Waals surface area contributed by atoms with Crippen LogP contribution in [0.5, 0.6) is 11.5 Å². The van der Waals surface area contributed by atoms with Crippen LogP contribution in [0, 0.1) is 11.6 Å². The number of benzene rings is 1. The molecule has 0 saturated heterocycles. The van der Waals surface area contributed by atoms with Crippen molar-refractivity contribution in [3.8, 4) is 11.5 Å². The van der Waals surface area contributed by atoms with Gasteiger partial charge in [0.15, 0.2) is 23.1 Å². The maximum Gasteiger partial charge on any atom is 0.200 e. The lowest BCUT2D eigenvalue weighted by atomic mass is 10.1. The Hall–Kier alpha value is -1.36. The number of methoxy groups -OCH3 is 2. The number of rotatable bonds is 3. The Kier molecular flexibility index (Phi) is 3.24. The van der Waals surface area contributed by atoms with E-state index >= 15 is 0 Å². The number of hydrogen-bond donors (Lipinski definition) is 1. The van der Waals surface area contributed by atoms with Crippen LogP contribution in [0.2, 0.25) is 0 Å². The highest BCUT2D eigenvalue weighted by atomic mass is 19.1. The third-order valence-electron chi connectivity index (χ3n) is 1.83. The van der Waals surface area contributed by atoms with E-state index in [0.29, 0.717) is 0 Å². The fourth-order valence-electron chi connectivity index (χ4n) is 1.16. The smallest absolute Gasteiger partial charge is 0.200 e. The van der Waals surface area contributed by atoms with Gasteiger partial charge in [0.1, 0.15) is 0 Å². The monoisotopic (exact) mass is 203 g/mol. The third-order valence-corrected chi connectivity index (χ3v) is 1.83. The number of hydrogen-bond acceptors (Lipinski definition) is 3. The normalized spacial score (nSPS) is 10.1. The molecule has 0 aliphatic carbocycles. The van der Waals surface area contributed by atoms with Crippen LogP contribution in [0.25, 0.3) is 0 Å². The molecule has 0 radical (unpaired) electrons. The van der Waals surface area contributed by atoms with E-state index in [1.54, 1.807) is 0 Å². The van der Waals surface area contributed by atoms with E-state index in [2.05, 4.69) is 4.74 Å². The van der Waals surface area contributed by atoms with Gasteiger partial charge in [-0.25, -0.2) is 8.78 Å². The molecular formula is C9H11F2NO2. The maximum atomic E-state index is 13.4. The van der Waals surface area contributed by atoms with Gasteiger partial charge in [0.2, 0.25) is 0 Å². The van der Waals surface area contributed by atoms with Gasteiger partial charge < -0.3 is 15.2 Å². The van der Waals surface area contributed by atoms with Crippen LogP contribution < -0.4 is 15.2 Å². The molecule has 2 N–H and O–H groups in total. The van der Waals surface area contributed by atoms with Crippen molar-refractivity contribution in [2.75, 3.05) is 14.2 Å². The first-order valence-corrected chi connectivity index (χ1v) is 3.94. The highest BCUT2D eigenvalue weighted by molar-refractivity contribution is 5.45. The molecule has 5 heteroatoms. The standard InChI is InChI=1S/C9H11F2NO2/c1-13-8-6(10)3-5(4-12)7(11)9(8)14-2/h3H,4,12H2,1-2H3. The Bertz CT molecular complexity index is 342. The zero-order valence-electron chi connectivity index (χ0n) is 7.93. The van der Waals surface area contributed by atoms with Gasteiger partial charge in [-0.3, -0.25) is 0 Å². The summed E-state index contributed by atoms with van der Waals surface area (Å²) in [7, 11) is 2.48. The predicted molar refractivity (Wildman–Crippen MR) is 47.4 cm³/mol. The van der Waals surface area contributed by atoms with E-state index < -0.39 is 11.6 Å². The number of ether oxygens (including phenoxy) is 2. The molecule has 0 bridgehead atoms. The van der Waals surface area contributed by atoms with E-state index in [1.165, 1.54) is 14.2 Å². The van der Waals surface area contributed by atoms with Crippen molar-refractivity contribution in [2.45, 2.75) is 6.54 Å². The Morgan fingerprint density at radius 1 is 1.21 bits per heavy atom. The van der Waals surface area contributed by atoms with E-state index in [4.69, 9.17) is 10.5 Å². The molecule has 0 aliphatic heterocycles. The summed E-state index contributed by atoms with van der Waals surface area (Å²) in [6.45, 7) is -0.0941. The molecule has 1 aromatic rings. The van der Waals surface area contributed by atoms with Crippen LogP contribution in [-0.4, -0.2) is 14.2 Å². The largest absolute Gasteiger partial charge is 0.490 e. The topological polar surface area (TPSA) is 44.5 Å². The van der Waals surface area contributed by atoms with E-state index in [-0.39, 0.29) is 23.6 Å². The minimum atomic E-state index is -0.689. The lowest BCUT2D eigenvalue weighted by Crippen LogP contribution is -2.05. The van der Waals surface area contributed by atoms with Crippen molar-refractivity contribution < 1.29 is 18.3 Å². The second-order valence-electron chi connectivity index (χ2n) is 2.60. The lowest BCUT2D eigenvalue weighted by molar-refractivity contribution is 0.320. The average molecular weight is 203 g/mol. The van der Waals surface area contributed by atoms with Gasteiger partial charge >= 0.3 is 0 Å². The molecule has 78 valence electrons. The van der Waals surface area contributed by atoms with Gasteiger partial charge in [-0.2, -0.15) is 0 Å². The lowest BCUT2D eigenvalue weighted by Gasteiger charge is -2.11. The van der Waals surface area contributed by atoms with E-state index in [9.17, 15) is 8.78 Å². The first-order valence-electron chi connectivity index (χ1n) is 3.94. The molecule has 0 amide bonds. The average Bonchev–Trinajstić information content (AvgIpc) is 2.20. The summed E-state index contributed by atoms with van der Waals surface area (Å²) >= 11 is 0. The summed E-state index contributed by atoms with van der Waals surface area (Å²) in [6, 6.07) is 0.997. The molecule has 0 atom stereocenters. The summed E-state index contributed by atoms with van der Waals surface area (Å²) in [5.74, 6) is -1.88. The first kappa shape index (κ1) is 10.7. The van der Waals surface area contributed by atoms with Gasteiger partial charge in [-0.05, 0) is 6.07 Å². The Balaban J connectivity index is 3.40. The quantitative estimate of drug-likeness (QED) is 0.808. The Labute approximate surface area is 80.4 Å². The van der Waals surface area contributed by atoms with Crippen LogP contribution in [0.4, 0.5) is 8.78 Å². The summed E-state index contributed by atoms with van der Waals surface area (Å²) < 4.78 is 36.0. The highest BCUT2D eigenvalue weighted by Gasteiger charge is 2.19. The summed E-state index contributed by atoms with van der Waals surface area (Å²) in [5.41, 5.74) is 5.29. The van der Waals surface area contributed by atoms with Crippen molar-refractivity contribution in [2.24, 2.45) is 5.73 Å². The molecule has 0 saturated carbocycles. The van der Waals surface area contributed by atoms with Crippen LogP contribution in [0.1, 0.15) is 5.56 Å². The second-order valence-corrected chi connectivity index (χ2v) is 2.60. The molecule has 3 nitrogen and oxygen atoms in total. The summed E-state index contributed by atoms with van der Waals surface area (Å²) in [5, 5.41) is 0. The molecule has 0 spiro atoms. The van der Waals surface area contributed by atoms with E-state index in [1.807, 2.05) is 0 Å². The second kappa shape index (κ2) is 4.23. The van der Waals surface area contributed by atoms with Gasteiger partial charge in [-0.1, -0.05) is 0 Å². The Morgan fingerprint density at radius 2 is 1.79 bits per heavy atom. The van der Waals surface area contributed by atoms with Crippen molar-refractivity contribution in [3.05, 3.63) is 23.3 Å². The molecule has 0 unspecified atom stereocenters. The maximum absolute atomic E-state index is 13.4. The van der Waals surface area contributed by atoms with Crippen molar-refractivity contribution >= 4 is 0 Å². The number of halogens is 2. The molecule has 0 aliphatic rings. The molecular weight excluding hydrogens is 192 g/mol. The zero-order chi connectivity index (χ0) is 10.7. The van der Waals surface area contributed by atoms with Crippen LogP contribution in [0.3, 0.4) is 0 Å².